The molecule has 6 heteroatoms. The molecule has 5 nitrogen and oxygen atoms in total. The number of sulfonamides is 1. The van der Waals surface area contributed by atoms with Crippen molar-refractivity contribution in [2.24, 2.45) is 5.90 Å². The van der Waals surface area contributed by atoms with Crippen molar-refractivity contribution in [3.63, 3.8) is 0 Å². The molecule has 0 aliphatic heterocycles. The van der Waals surface area contributed by atoms with E-state index in [1.807, 2.05) is 6.92 Å². The quantitative estimate of drug-likeness (QED) is 0.558. The molecule has 0 aliphatic carbocycles. The Morgan fingerprint density at radius 2 is 1.93 bits per heavy atom. The highest BCUT2D eigenvalue weighted by molar-refractivity contribution is 7.89. The molecule has 0 bridgehead atoms. The maximum atomic E-state index is 11.6. The summed E-state index contributed by atoms with van der Waals surface area (Å²) in [6.07, 6.45) is 0. The van der Waals surface area contributed by atoms with Crippen LogP contribution in [0.25, 0.3) is 0 Å². The van der Waals surface area contributed by atoms with Gasteiger partial charge in [-0.1, -0.05) is 17.7 Å². The SMILES string of the molecule is Cc1ccc(S(=O)(=O)NCCON)cc1. The van der Waals surface area contributed by atoms with Crippen molar-refractivity contribution < 1.29 is 13.3 Å². The molecule has 1 aromatic rings. The third-order valence-electron chi connectivity index (χ3n) is 1.84. The Morgan fingerprint density at radius 3 is 2.47 bits per heavy atom. The molecule has 1 rings (SSSR count). The van der Waals surface area contributed by atoms with Crippen LogP contribution < -0.4 is 10.6 Å². The van der Waals surface area contributed by atoms with E-state index in [0.29, 0.717) is 0 Å². The summed E-state index contributed by atoms with van der Waals surface area (Å²) >= 11 is 0. The average molecular weight is 230 g/mol. The molecule has 15 heavy (non-hydrogen) atoms. The van der Waals surface area contributed by atoms with Crippen LogP contribution in [0, 0.1) is 6.92 Å². The molecule has 0 unspecified atom stereocenters. The zero-order valence-corrected chi connectivity index (χ0v) is 9.25. The van der Waals surface area contributed by atoms with Crippen molar-refractivity contribution in [2.45, 2.75) is 11.8 Å². The monoisotopic (exact) mass is 230 g/mol. The van der Waals surface area contributed by atoms with Crippen molar-refractivity contribution in [3.8, 4) is 0 Å². The largest absolute Gasteiger partial charge is 0.303 e. The minimum Gasteiger partial charge on any atom is -0.303 e. The molecular formula is C9H14N2O3S. The fraction of sp³-hybridized carbons (Fsp3) is 0.333. The van der Waals surface area contributed by atoms with Gasteiger partial charge in [0.2, 0.25) is 10.0 Å². The van der Waals surface area contributed by atoms with E-state index >= 15 is 0 Å². The van der Waals surface area contributed by atoms with E-state index in [1.54, 1.807) is 24.3 Å². The second-order valence-corrected chi connectivity index (χ2v) is 4.85. The Kier molecular flexibility index (Phi) is 4.22. The standard InChI is InChI=1S/C9H14N2O3S/c1-8-2-4-9(5-3-8)15(12,13)11-6-7-14-10/h2-5,11H,6-7,10H2,1H3. The van der Waals surface area contributed by atoms with Gasteiger partial charge in [-0.05, 0) is 19.1 Å². The van der Waals surface area contributed by atoms with Gasteiger partial charge in [0.05, 0.1) is 11.5 Å². The van der Waals surface area contributed by atoms with Gasteiger partial charge in [-0.25, -0.2) is 19.0 Å². The summed E-state index contributed by atoms with van der Waals surface area (Å²) in [6.45, 7) is 2.20. The number of nitrogens with one attached hydrogen (secondary N) is 1. The molecule has 0 aromatic heterocycles. The molecule has 0 radical (unpaired) electrons. The zero-order chi connectivity index (χ0) is 11.3. The van der Waals surface area contributed by atoms with Gasteiger partial charge in [0.1, 0.15) is 0 Å². The van der Waals surface area contributed by atoms with Crippen molar-refractivity contribution in [2.75, 3.05) is 13.2 Å². The van der Waals surface area contributed by atoms with E-state index in [1.165, 1.54) is 0 Å². The smallest absolute Gasteiger partial charge is 0.240 e. The Hall–Kier alpha value is -0.950. The summed E-state index contributed by atoms with van der Waals surface area (Å²) in [7, 11) is -3.43. The van der Waals surface area contributed by atoms with Gasteiger partial charge in [0, 0.05) is 6.54 Å². The first-order valence-corrected chi connectivity index (χ1v) is 5.92. The molecule has 1 aromatic carbocycles. The molecule has 84 valence electrons. The summed E-state index contributed by atoms with van der Waals surface area (Å²) in [5.41, 5.74) is 1.01. The summed E-state index contributed by atoms with van der Waals surface area (Å²) in [4.78, 5) is 4.51. The van der Waals surface area contributed by atoms with Crippen molar-refractivity contribution in [3.05, 3.63) is 29.8 Å². The van der Waals surface area contributed by atoms with Crippen molar-refractivity contribution >= 4 is 10.0 Å². The molecule has 0 saturated heterocycles. The van der Waals surface area contributed by atoms with Gasteiger partial charge in [-0.3, -0.25) is 0 Å². The highest BCUT2D eigenvalue weighted by Gasteiger charge is 2.12. The lowest BCUT2D eigenvalue weighted by Gasteiger charge is -2.05. The second-order valence-electron chi connectivity index (χ2n) is 3.08. The van der Waals surface area contributed by atoms with Crippen LogP contribution >= 0.6 is 0 Å². The Morgan fingerprint density at radius 1 is 1.33 bits per heavy atom. The topological polar surface area (TPSA) is 81.4 Å². The predicted octanol–water partition coefficient (Wildman–Crippen LogP) is 0.164. The van der Waals surface area contributed by atoms with E-state index < -0.39 is 10.0 Å². The molecule has 0 saturated carbocycles. The van der Waals surface area contributed by atoms with E-state index in [0.717, 1.165) is 5.56 Å². The van der Waals surface area contributed by atoms with Gasteiger partial charge in [0.25, 0.3) is 0 Å². The van der Waals surface area contributed by atoms with Crippen LogP contribution in [-0.2, 0) is 14.9 Å². The zero-order valence-electron chi connectivity index (χ0n) is 8.43. The highest BCUT2D eigenvalue weighted by Crippen LogP contribution is 2.09. The third kappa shape index (κ3) is 3.60. The van der Waals surface area contributed by atoms with Crippen LogP contribution in [0.5, 0.6) is 0 Å². The molecule has 0 atom stereocenters. The third-order valence-corrected chi connectivity index (χ3v) is 3.32. The Labute approximate surface area is 89.2 Å². The van der Waals surface area contributed by atoms with Crippen LogP contribution in [0.2, 0.25) is 0 Å². The second kappa shape index (κ2) is 5.22. The number of aryl methyl sites for hydroxylation is 1. The van der Waals surface area contributed by atoms with Crippen LogP contribution in [0.15, 0.2) is 29.2 Å². The first-order chi connectivity index (χ1) is 7.06. The number of nitrogens with two attached hydrogens (primary N) is 1. The fourth-order valence-corrected chi connectivity index (χ4v) is 2.05. The molecule has 0 spiro atoms. The molecule has 0 aliphatic rings. The maximum Gasteiger partial charge on any atom is 0.240 e. The van der Waals surface area contributed by atoms with Crippen LogP contribution in [0.1, 0.15) is 5.56 Å². The van der Waals surface area contributed by atoms with Gasteiger partial charge >= 0.3 is 0 Å². The minimum absolute atomic E-state index is 0.144. The number of rotatable bonds is 5. The first kappa shape index (κ1) is 12.1. The van der Waals surface area contributed by atoms with Crippen molar-refractivity contribution in [1.29, 1.82) is 0 Å². The fourth-order valence-electron chi connectivity index (χ4n) is 1.04. The average Bonchev–Trinajstić information content (AvgIpc) is 2.18. The molecule has 0 fully saturated rings. The van der Waals surface area contributed by atoms with E-state index in [-0.39, 0.29) is 18.0 Å². The normalized spacial score (nSPS) is 11.6. The number of hydrogen-bond acceptors (Lipinski definition) is 4. The predicted molar refractivity (Wildman–Crippen MR) is 56.5 cm³/mol. The Balaban J connectivity index is 2.73. The Bertz CT molecular complexity index is 400. The highest BCUT2D eigenvalue weighted by atomic mass is 32.2. The molecule has 3 N–H and O–H groups in total. The van der Waals surface area contributed by atoms with Crippen molar-refractivity contribution in [1.82, 2.24) is 4.72 Å². The van der Waals surface area contributed by atoms with Gasteiger partial charge in [-0.2, -0.15) is 0 Å². The first-order valence-electron chi connectivity index (χ1n) is 4.44. The minimum atomic E-state index is -3.43. The number of hydrogen-bond donors (Lipinski definition) is 2. The summed E-state index contributed by atoms with van der Waals surface area (Å²) in [5, 5.41) is 0. The number of benzene rings is 1. The molecular weight excluding hydrogens is 216 g/mol. The van der Waals surface area contributed by atoms with Crippen LogP contribution in [0.3, 0.4) is 0 Å². The van der Waals surface area contributed by atoms with E-state index in [2.05, 4.69) is 9.56 Å². The summed E-state index contributed by atoms with van der Waals surface area (Å²) < 4.78 is 25.6. The van der Waals surface area contributed by atoms with E-state index in [4.69, 9.17) is 5.90 Å². The van der Waals surface area contributed by atoms with Crippen LogP contribution in [-0.4, -0.2) is 21.6 Å². The van der Waals surface area contributed by atoms with Gasteiger partial charge < -0.3 is 4.84 Å². The molecule has 0 amide bonds. The van der Waals surface area contributed by atoms with Gasteiger partial charge in [0.15, 0.2) is 0 Å². The van der Waals surface area contributed by atoms with Gasteiger partial charge in [-0.15, -0.1) is 0 Å². The van der Waals surface area contributed by atoms with Crippen LogP contribution in [0.4, 0.5) is 0 Å². The summed E-state index contributed by atoms with van der Waals surface area (Å²) in [5.74, 6) is 4.78. The lowest BCUT2D eigenvalue weighted by atomic mass is 10.2. The lowest BCUT2D eigenvalue weighted by Crippen LogP contribution is -2.28. The maximum absolute atomic E-state index is 11.6. The lowest BCUT2D eigenvalue weighted by molar-refractivity contribution is 0.143. The van der Waals surface area contributed by atoms with E-state index in [9.17, 15) is 8.42 Å². The molecule has 0 heterocycles. The summed E-state index contributed by atoms with van der Waals surface area (Å²) in [6, 6.07) is 6.60.